The van der Waals surface area contributed by atoms with Crippen LogP contribution in [0.2, 0.25) is 0 Å². The Bertz CT molecular complexity index is 1360. The van der Waals surface area contributed by atoms with Gasteiger partial charge in [-0.05, 0) is 64.0 Å². The summed E-state index contributed by atoms with van der Waals surface area (Å²) in [7, 11) is 6.67. The van der Waals surface area contributed by atoms with Gasteiger partial charge in [0.25, 0.3) is 0 Å². The first kappa shape index (κ1) is 50.5. The first-order valence-corrected chi connectivity index (χ1v) is 20.4. The molecule has 0 aromatic carbocycles. The molecule has 1 heterocycles. The van der Waals surface area contributed by atoms with Gasteiger partial charge in [-0.25, -0.2) is 4.79 Å². The summed E-state index contributed by atoms with van der Waals surface area (Å²) in [5.74, 6) is -3.32. The van der Waals surface area contributed by atoms with Crippen LogP contribution in [0.4, 0.5) is 0 Å². The van der Waals surface area contributed by atoms with Crippen LogP contribution in [0.1, 0.15) is 101 Å². The third kappa shape index (κ3) is 13.8. The van der Waals surface area contributed by atoms with E-state index in [1.807, 2.05) is 80.3 Å². The van der Waals surface area contributed by atoms with Crippen molar-refractivity contribution in [2.45, 2.75) is 150 Å². The van der Waals surface area contributed by atoms with Crippen LogP contribution >= 0.6 is 0 Å². The van der Waals surface area contributed by atoms with Gasteiger partial charge in [0.05, 0.1) is 42.7 Å². The van der Waals surface area contributed by atoms with E-state index in [4.69, 9.17) is 9.47 Å². The van der Waals surface area contributed by atoms with E-state index in [-0.39, 0.29) is 54.4 Å². The molecule has 0 radical (unpaired) electrons. The molecule has 1 saturated heterocycles. The number of carbonyl (C=O) groups excluding carboxylic acids is 4. The maximum absolute atomic E-state index is 14.3. The summed E-state index contributed by atoms with van der Waals surface area (Å²) in [4.78, 5) is 73.4. The zero-order valence-electron chi connectivity index (χ0n) is 36.8. The van der Waals surface area contributed by atoms with Gasteiger partial charge in [0.15, 0.2) is 0 Å². The van der Waals surface area contributed by atoms with E-state index in [0.717, 1.165) is 0 Å². The van der Waals surface area contributed by atoms with Crippen molar-refractivity contribution in [3.63, 3.8) is 0 Å². The molecule has 0 bridgehead atoms. The fourth-order valence-electron chi connectivity index (χ4n) is 7.74. The number of rotatable bonds is 24. The maximum Gasteiger partial charge on any atom is 0.326 e. The molecule has 4 amide bonds. The van der Waals surface area contributed by atoms with Crippen molar-refractivity contribution in [3.05, 3.63) is 36.5 Å². The van der Waals surface area contributed by atoms with Crippen LogP contribution in [0.25, 0.3) is 0 Å². The Morgan fingerprint density at radius 3 is 2.02 bits per heavy atom. The van der Waals surface area contributed by atoms with Crippen molar-refractivity contribution in [2.24, 2.45) is 23.7 Å². The normalized spacial score (nSPS) is 19.4. The molecule has 1 aliphatic rings. The van der Waals surface area contributed by atoms with Crippen molar-refractivity contribution in [1.29, 1.82) is 0 Å². The number of carboxylic acids is 1. The van der Waals surface area contributed by atoms with E-state index in [9.17, 15) is 29.1 Å². The summed E-state index contributed by atoms with van der Waals surface area (Å²) in [6.07, 6.45) is 7.58. The molecule has 320 valence electrons. The highest BCUT2D eigenvalue weighted by Gasteiger charge is 2.43. The number of nitrogens with one attached hydrogen (secondary N) is 2. The van der Waals surface area contributed by atoms with Crippen LogP contribution in [-0.2, 0) is 33.4 Å². The SMILES string of the molecule is C=C/C(=C\C=C/C)CC(NC(=O)C(C)C(OC)C1CCCN1C(=O)CC(OC)C(C(C)CC)N(C)C(=O)C(NC(=O)C(C(C)C)N(C)C(C)C)C(C)C)C(=O)O. The lowest BCUT2D eigenvalue weighted by Gasteiger charge is -2.41. The van der Waals surface area contributed by atoms with Crippen molar-refractivity contribution in [3.8, 4) is 0 Å². The van der Waals surface area contributed by atoms with Gasteiger partial charge in [0, 0.05) is 40.3 Å². The van der Waals surface area contributed by atoms with Gasteiger partial charge in [-0.1, -0.05) is 85.8 Å². The summed E-state index contributed by atoms with van der Waals surface area (Å²) >= 11 is 0. The molecule has 0 aromatic rings. The van der Waals surface area contributed by atoms with Gasteiger partial charge in [0.1, 0.15) is 12.1 Å². The van der Waals surface area contributed by atoms with Gasteiger partial charge >= 0.3 is 5.97 Å². The molecule has 0 spiro atoms. The zero-order valence-corrected chi connectivity index (χ0v) is 36.8. The Kier molecular flexibility index (Phi) is 21.9. The number of carbonyl (C=O) groups is 5. The fourth-order valence-corrected chi connectivity index (χ4v) is 7.74. The largest absolute Gasteiger partial charge is 0.480 e. The average Bonchev–Trinajstić information content (AvgIpc) is 3.63. The first-order valence-electron chi connectivity index (χ1n) is 20.4. The molecular formula is C43H75N5O8. The Balaban J connectivity index is 3.32. The van der Waals surface area contributed by atoms with Gasteiger partial charge in [-0.2, -0.15) is 0 Å². The molecule has 13 nitrogen and oxygen atoms in total. The van der Waals surface area contributed by atoms with Crippen molar-refractivity contribution >= 4 is 29.6 Å². The van der Waals surface area contributed by atoms with Crippen molar-refractivity contribution < 1.29 is 38.6 Å². The van der Waals surface area contributed by atoms with Crippen LogP contribution < -0.4 is 10.6 Å². The summed E-state index contributed by atoms with van der Waals surface area (Å²) in [6, 6.07) is -3.19. The maximum atomic E-state index is 14.3. The highest BCUT2D eigenvalue weighted by molar-refractivity contribution is 5.90. The minimum absolute atomic E-state index is 0.0199. The summed E-state index contributed by atoms with van der Waals surface area (Å²) in [6.45, 7) is 23.7. The van der Waals surface area contributed by atoms with E-state index in [1.165, 1.54) is 7.11 Å². The topological polar surface area (TPSA) is 158 Å². The monoisotopic (exact) mass is 790 g/mol. The minimum Gasteiger partial charge on any atom is -0.480 e. The Morgan fingerprint density at radius 1 is 0.929 bits per heavy atom. The summed E-state index contributed by atoms with van der Waals surface area (Å²) in [5, 5.41) is 15.7. The number of amides is 4. The molecule has 13 heteroatoms. The molecule has 0 saturated carbocycles. The second-order valence-corrected chi connectivity index (χ2v) is 16.3. The molecule has 3 N–H and O–H groups in total. The molecule has 1 aliphatic heterocycles. The van der Waals surface area contributed by atoms with Crippen LogP contribution in [0.15, 0.2) is 36.5 Å². The van der Waals surface area contributed by atoms with Gasteiger partial charge in [-0.15, -0.1) is 0 Å². The highest BCUT2D eigenvalue weighted by Crippen LogP contribution is 2.30. The van der Waals surface area contributed by atoms with Gasteiger partial charge < -0.3 is 35.0 Å². The molecule has 9 unspecified atom stereocenters. The number of hydrogen-bond acceptors (Lipinski definition) is 8. The Hall–Kier alpha value is -3.55. The number of carboxylic acid groups (broad SMARTS) is 1. The quantitative estimate of drug-likeness (QED) is 0.114. The van der Waals surface area contributed by atoms with E-state index in [2.05, 4.69) is 17.2 Å². The third-order valence-electron chi connectivity index (χ3n) is 11.5. The predicted octanol–water partition coefficient (Wildman–Crippen LogP) is 5.06. The molecule has 56 heavy (non-hydrogen) atoms. The molecule has 1 fully saturated rings. The van der Waals surface area contributed by atoms with Crippen LogP contribution in [0.5, 0.6) is 0 Å². The number of aliphatic carboxylic acids is 1. The molecular weight excluding hydrogens is 714 g/mol. The molecule has 1 rings (SSSR count). The highest BCUT2D eigenvalue weighted by atomic mass is 16.5. The summed E-state index contributed by atoms with van der Waals surface area (Å²) in [5.41, 5.74) is 0.661. The van der Waals surface area contributed by atoms with E-state index in [0.29, 0.717) is 31.4 Å². The van der Waals surface area contributed by atoms with Crippen LogP contribution in [0, 0.1) is 23.7 Å². The first-order chi connectivity index (χ1) is 26.2. The number of ether oxygens (including phenoxy) is 2. The van der Waals surface area contributed by atoms with E-state index in [1.54, 1.807) is 49.1 Å². The predicted molar refractivity (Wildman–Crippen MR) is 222 cm³/mol. The lowest BCUT2D eigenvalue weighted by Crippen LogP contribution is -2.60. The lowest BCUT2D eigenvalue weighted by molar-refractivity contribution is -0.148. The number of likely N-dealkylation sites (N-methyl/N-ethyl adjacent to an activating group) is 2. The number of likely N-dealkylation sites (tertiary alicyclic amines) is 1. The zero-order chi connectivity index (χ0) is 43.0. The van der Waals surface area contributed by atoms with E-state index < -0.39 is 60.2 Å². The fraction of sp³-hybridized carbons (Fsp3) is 0.744. The minimum atomic E-state index is -1.18. The van der Waals surface area contributed by atoms with Crippen LogP contribution in [-0.4, -0.2) is 133 Å². The van der Waals surface area contributed by atoms with Crippen LogP contribution in [0.3, 0.4) is 0 Å². The Morgan fingerprint density at radius 2 is 1.55 bits per heavy atom. The van der Waals surface area contributed by atoms with Crippen molar-refractivity contribution in [1.82, 2.24) is 25.3 Å². The lowest BCUT2D eigenvalue weighted by atomic mass is 9.89. The number of allylic oxidation sites excluding steroid dienone is 4. The smallest absolute Gasteiger partial charge is 0.326 e. The standard InChI is InChI=1S/C43H75N5O8/c1-16-19-21-31(18-3)24-32(43(53)54)44-40(50)30(11)39(56-15)33-22-20-23-48(33)35(49)25-34(55-14)38(29(10)17-2)47(13)42(52)36(26(4)5)45-41(51)37(27(6)7)46(12)28(8)9/h16,18-19,21,26-30,32-34,36-39H,3,17,20,22-25H2,1-2,4-15H3,(H,44,50)(H,45,51)(H,53,54)/b19-16-,31-21+. The number of nitrogens with zero attached hydrogens (tertiary/aromatic N) is 3. The second-order valence-electron chi connectivity index (χ2n) is 16.3. The molecule has 9 atom stereocenters. The number of hydrogen-bond donors (Lipinski definition) is 3. The summed E-state index contributed by atoms with van der Waals surface area (Å²) < 4.78 is 11.9. The number of methoxy groups -OCH3 is 2. The molecule has 0 aliphatic carbocycles. The van der Waals surface area contributed by atoms with Crippen molar-refractivity contribution in [2.75, 3.05) is 34.9 Å². The third-order valence-corrected chi connectivity index (χ3v) is 11.5. The van der Waals surface area contributed by atoms with Gasteiger partial charge in [0.2, 0.25) is 23.6 Å². The average molecular weight is 790 g/mol. The molecule has 0 aromatic heterocycles. The van der Waals surface area contributed by atoms with Gasteiger partial charge in [-0.3, -0.25) is 24.1 Å². The van der Waals surface area contributed by atoms with E-state index >= 15 is 0 Å². The Labute approximate surface area is 337 Å². The second kappa shape index (κ2) is 24.3.